The number of carbonyl (C=O) groups excluding carboxylic acids is 2. The number of carbonyl (C=O) groups is 2. The number of hydrogen-bond acceptors (Lipinski definition) is 12. The molecule has 0 spiro atoms. The summed E-state index contributed by atoms with van der Waals surface area (Å²) in [5.74, 6) is -2.31. The molecule has 226 valence electrons. The van der Waals surface area contributed by atoms with Crippen LogP contribution in [0.25, 0.3) is 0 Å². The first-order valence-corrected chi connectivity index (χ1v) is 13.3. The van der Waals surface area contributed by atoms with E-state index >= 15 is 0 Å². The van der Waals surface area contributed by atoms with Crippen molar-refractivity contribution in [2.45, 2.75) is 62.8 Å². The van der Waals surface area contributed by atoms with Crippen LogP contribution in [0.15, 0.2) is 36.6 Å². The number of phenolic OH excluding ortho intramolecular Hbond substituents is 1. The first-order chi connectivity index (χ1) is 19.6. The summed E-state index contributed by atoms with van der Waals surface area (Å²) >= 11 is 0. The molecule has 41 heavy (non-hydrogen) atoms. The van der Waals surface area contributed by atoms with Crippen molar-refractivity contribution in [3.05, 3.63) is 47.7 Å². The van der Waals surface area contributed by atoms with Crippen LogP contribution in [0, 0.1) is 11.8 Å². The Hall–Kier alpha value is -3.20. The van der Waals surface area contributed by atoms with Gasteiger partial charge in [0.2, 0.25) is 12.2 Å². The number of hydrogen-bond donors (Lipinski definition) is 5. The fourth-order valence-corrected chi connectivity index (χ4v) is 5.83. The Morgan fingerprint density at radius 1 is 1.15 bits per heavy atom. The molecule has 13 nitrogen and oxygen atoms in total. The van der Waals surface area contributed by atoms with Gasteiger partial charge in [-0.1, -0.05) is 12.1 Å². The topological polar surface area (TPSA) is 185 Å². The normalized spacial score (nSPS) is 33.2. The molecule has 9 atom stereocenters. The molecule has 1 fully saturated rings. The average molecular weight is 580 g/mol. The highest BCUT2D eigenvalue weighted by molar-refractivity contribution is 5.89. The Labute approximate surface area is 237 Å². The molecule has 9 unspecified atom stereocenters. The van der Waals surface area contributed by atoms with Crippen molar-refractivity contribution in [3.8, 4) is 11.5 Å². The summed E-state index contributed by atoms with van der Waals surface area (Å²) in [5.41, 5.74) is 1.45. The maximum absolute atomic E-state index is 12.9. The monoisotopic (exact) mass is 579 g/mol. The van der Waals surface area contributed by atoms with Crippen molar-refractivity contribution in [2.75, 3.05) is 27.4 Å². The standard InChI is InChI=1S/C28H37NO12/c1-5-15-16(10-18-21-14(8-9-29(18)13(2)31)6-7-19(37-3)22(21)32)17(26(36)38-4)12-39-27(15)41-28-25(35)24(34)23(33)20(11-30)40-28/h5-7,12,15-16,18,20,23-25,27-28,30,32-35H,1,8-11H2,2-4H3. The number of esters is 1. The van der Waals surface area contributed by atoms with Crippen LogP contribution >= 0.6 is 0 Å². The quantitative estimate of drug-likeness (QED) is 0.204. The summed E-state index contributed by atoms with van der Waals surface area (Å²) in [6, 6.07) is 2.80. The highest BCUT2D eigenvalue weighted by atomic mass is 16.8. The lowest BCUT2D eigenvalue weighted by atomic mass is 9.76. The molecule has 13 heteroatoms. The van der Waals surface area contributed by atoms with Crippen LogP contribution in [0.1, 0.15) is 30.5 Å². The number of amides is 1. The number of aliphatic hydroxyl groups is 4. The number of fused-ring (bicyclic) bond motifs is 1. The molecular weight excluding hydrogens is 542 g/mol. The third kappa shape index (κ3) is 5.78. The molecule has 3 aliphatic rings. The van der Waals surface area contributed by atoms with Gasteiger partial charge in [-0.15, -0.1) is 6.58 Å². The van der Waals surface area contributed by atoms with Crippen LogP contribution in [0.4, 0.5) is 0 Å². The van der Waals surface area contributed by atoms with Crippen LogP contribution in [0.5, 0.6) is 11.5 Å². The molecule has 0 saturated carbocycles. The third-order valence-electron chi connectivity index (χ3n) is 8.02. The van der Waals surface area contributed by atoms with E-state index in [9.17, 15) is 35.1 Å². The number of aliphatic hydroxyl groups excluding tert-OH is 4. The number of aromatic hydroxyl groups is 1. The van der Waals surface area contributed by atoms with E-state index in [0.717, 1.165) is 5.56 Å². The summed E-state index contributed by atoms with van der Waals surface area (Å²) in [5, 5.41) is 51.5. The van der Waals surface area contributed by atoms with E-state index in [2.05, 4.69) is 6.58 Å². The largest absolute Gasteiger partial charge is 0.504 e. The second kappa shape index (κ2) is 12.8. The predicted molar refractivity (Wildman–Crippen MR) is 140 cm³/mol. The highest BCUT2D eigenvalue weighted by Crippen LogP contribution is 2.47. The van der Waals surface area contributed by atoms with Crippen molar-refractivity contribution < 1.29 is 58.8 Å². The molecule has 0 bridgehead atoms. The zero-order chi connectivity index (χ0) is 30.0. The van der Waals surface area contributed by atoms with Gasteiger partial charge in [0.25, 0.3) is 0 Å². The molecule has 0 radical (unpaired) electrons. The SMILES string of the molecule is C=CC1C(OC2OC(CO)C(O)C(O)C2O)OC=C(C(=O)OC)C1CC1c2c(ccc(OC)c2O)CCN1C(C)=O. The van der Waals surface area contributed by atoms with E-state index in [4.69, 9.17) is 23.7 Å². The van der Waals surface area contributed by atoms with E-state index in [1.807, 2.05) is 6.07 Å². The lowest BCUT2D eigenvalue weighted by molar-refractivity contribution is -0.339. The van der Waals surface area contributed by atoms with Crippen molar-refractivity contribution in [1.82, 2.24) is 4.90 Å². The molecule has 0 aromatic heterocycles. The molecule has 1 aromatic carbocycles. The summed E-state index contributed by atoms with van der Waals surface area (Å²) in [7, 11) is 2.64. The minimum atomic E-state index is -1.69. The van der Waals surface area contributed by atoms with E-state index in [1.165, 1.54) is 33.5 Å². The molecule has 3 heterocycles. The number of ether oxygens (including phenoxy) is 5. The third-order valence-corrected chi connectivity index (χ3v) is 8.02. The van der Waals surface area contributed by atoms with E-state index in [0.29, 0.717) is 18.5 Å². The lowest BCUT2D eigenvalue weighted by Gasteiger charge is -2.44. The molecule has 3 aliphatic heterocycles. The number of rotatable bonds is 8. The molecule has 5 N–H and O–H groups in total. The Bertz CT molecular complexity index is 1170. The first kappa shape index (κ1) is 30.8. The summed E-state index contributed by atoms with van der Waals surface area (Å²) in [6.07, 6.45) is -5.59. The fourth-order valence-electron chi connectivity index (χ4n) is 5.83. The van der Waals surface area contributed by atoms with Crippen LogP contribution in [0.2, 0.25) is 0 Å². The number of benzene rings is 1. The molecule has 1 amide bonds. The molecule has 1 aromatic rings. The Kier molecular flexibility index (Phi) is 9.57. The highest BCUT2D eigenvalue weighted by Gasteiger charge is 2.48. The zero-order valence-electron chi connectivity index (χ0n) is 23.1. The smallest absolute Gasteiger partial charge is 0.337 e. The van der Waals surface area contributed by atoms with Gasteiger partial charge in [-0.2, -0.15) is 0 Å². The minimum absolute atomic E-state index is 0.110. The predicted octanol–water partition coefficient (Wildman–Crippen LogP) is -0.115. The van der Waals surface area contributed by atoms with Gasteiger partial charge in [-0.05, 0) is 24.5 Å². The summed E-state index contributed by atoms with van der Waals surface area (Å²) < 4.78 is 27.4. The van der Waals surface area contributed by atoms with Crippen LogP contribution in [-0.2, 0) is 35.0 Å². The van der Waals surface area contributed by atoms with Crippen molar-refractivity contribution in [3.63, 3.8) is 0 Å². The van der Waals surface area contributed by atoms with Crippen molar-refractivity contribution in [1.29, 1.82) is 0 Å². The zero-order valence-corrected chi connectivity index (χ0v) is 23.1. The van der Waals surface area contributed by atoms with Gasteiger partial charge in [0.1, 0.15) is 24.4 Å². The van der Waals surface area contributed by atoms with Crippen LogP contribution in [0.3, 0.4) is 0 Å². The van der Waals surface area contributed by atoms with Gasteiger partial charge in [0.05, 0.1) is 38.7 Å². The molecule has 0 aliphatic carbocycles. The van der Waals surface area contributed by atoms with Gasteiger partial charge in [0.15, 0.2) is 17.8 Å². The Morgan fingerprint density at radius 2 is 1.88 bits per heavy atom. The molecule has 1 saturated heterocycles. The first-order valence-electron chi connectivity index (χ1n) is 13.3. The van der Waals surface area contributed by atoms with Crippen molar-refractivity contribution >= 4 is 11.9 Å². The number of phenols is 1. The summed E-state index contributed by atoms with van der Waals surface area (Å²) in [4.78, 5) is 27.2. The Balaban J connectivity index is 1.71. The van der Waals surface area contributed by atoms with Gasteiger partial charge < -0.3 is 54.1 Å². The number of nitrogens with zero attached hydrogens (tertiary/aromatic N) is 1. The maximum Gasteiger partial charge on any atom is 0.337 e. The van der Waals surface area contributed by atoms with Gasteiger partial charge >= 0.3 is 5.97 Å². The minimum Gasteiger partial charge on any atom is -0.504 e. The van der Waals surface area contributed by atoms with Crippen molar-refractivity contribution in [2.24, 2.45) is 11.8 Å². The summed E-state index contributed by atoms with van der Waals surface area (Å²) in [6.45, 7) is 5.04. The van der Waals surface area contributed by atoms with Crippen LogP contribution in [-0.4, -0.2) is 107 Å². The number of methoxy groups -OCH3 is 2. The second-order valence-electron chi connectivity index (χ2n) is 10.2. The second-order valence-corrected chi connectivity index (χ2v) is 10.2. The fraction of sp³-hybridized carbons (Fsp3) is 0.571. The van der Waals surface area contributed by atoms with E-state index < -0.39 is 67.4 Å². The van der Waals surface area contributed by atoms with Gasteiger partial charge in [0, 0.05) is 30.9 Å². The lowest BCUT2D eigenvalue weighted by Crippen LogP contribution is -2.60. The van der Waals surface area contributed by atoms with E-state index in [1.54, 1.807) is 11.0 Å². The van der Waals surface area contributed by atoms with Crippen LogP contribution < -0.4 is 4.74 Å². The Morgan fingerprint density at radius 3 is 2.49 bits per heavy atom. The average Bonchev–Trinajstić information content (AvgIpc) is 2.97. The maximum atomic E-state index is 12.9. The molecule has 4 rings (SSSR count). The van der Waals surface area contributed by atoms with Gasteiger partial charge in [-0.25, -0.2) is 4.79 Å². The van der Waals surface area contributed by atoms with Gasteiger partial charge in [-0.3, -0.25) is 4.79 Å². The molecular formula is C28H37NO12. The van der Waals surface area contributed by atoms with E-state index in [-0.39, 0.29) is 29.4 Å².